The minimum Gasteiger partial charge on any atom is -0.338 e. The maximum absolute atomic E-state index is 11.8. The second kappa shape index (κ2) is 10.2. The fourth-order valence-electron chi connectivity index (χ4n) is 2.57. The predicted octanol–water partition coefficient (Wildman–Crippen LogP) is 4.40. The zero-order valence-corrected chi connectivity index (χ0v) is 14.5. The van der Waals surface area contributed by atoms with Crippen molar-refractivity contribution in [2.45, 2.75) is 53.0 Å². The minimum absolute atomic E-state index is 0.134. The third-order valence-corrected chi connectivity index (χ3v) is 3.73. The van der Waals surface area contributed by atoms with Gasteiger partial charge in [-0.25, -0.2) is 4.79 Å². The van der Waals surface area contributed by atoms with Crippen LogP contribution in [-0.4, -0.2) is 30.6 Å². The molecule has 0 saturated heterocycles. The van der Waals surface area contributed by atoms with E-state index in [2.05, 4.69) is 48.4 Å². The van der Waals surface area contributed by atoms with E-state index in [1.165, 1.54) is 5.56 Å². The van der Waals surface area contributed by atoms with Gasteiger partial charge in [0, 0.05) is 18.3 Å². The maximum atomic E-state index is 11.8. The highest BCUT2D eigenvalue weighted by Crippen LogP contribution is 2.23. The van der Waals surface area contributed by atoms with E-state index in [1.54, 1.807) is 0 Å². The molecule has 0 radical (unpaired) electrons. The lowest BCUT2D eigenvalue weighted by atomic mass is 10.1. The van der Waals surface area contributed by atoms with Gasteiger partial charge in [-0.1, -0.05) is 32.9 Å². The lowest BCUT2D eigenvalue weighted by molar-refractivity contribution is 0.211. The normalized spacial score (nSPS) is 12.2. The monoisotopic (exact) mass is 305 g/mol. The third kappa shape index (κ3) is 6.06. The standard InChI is InChI=1S/C18H31N3O/c1-5-11-19-18(22)20-17-10-8-9-16(14-17)15(4)21(12-6-2)13-7-3/h8-10,14-15H,5-7,11-13H2,1-4H3,(H2,19,20,22). The van der Waals surface area contributed by atoms with Crippen molar-refractivity contribution in [3.63, 3.8) is 0 Å². The Balaban J connectivity index is 2.74. The number of carbonyl (C=O) groups excluding carboxylic acids is 1. The van der Waals surface area contributed by atoms with Gasteiger partial charge in [0.25, 0.3) is 0 Å². The van der Waals surface area contributed by atoms with Crippen LogP contribution < -0.4 is 10.6 Å². The average Bonchev–Trinajstić information content (AvgIpc) is 2.52. The van der Waals surface area contributed by atoms with Gasteiger partial charge in [0.2, 0.25) is 0 Å². The highest BCUT2D eigenvalue weighted by molar-refractivity contribution is 5.89. The number of hydrogen-bond donors (Lipinski definition) is 2. The molecule has 124 valence electrons. The average molecular weight is 305 g/mol. The zero-order valence-electron chi connectivity index (χ0n) is 14.5. The van der Waals surface area contributed by atoms with Crippen molar-refractivity contribution in [1.82, 2.24) is 10.2 Å². The molecule has 4 nitrogen and oxygen atoms in total. The van der Waals surface area contributed by atoms with E-state index in [0.717, 1.165) is 38.0 Å². The first kappa shape index (κ1) is 18.5. The molecule has 1 unspecified atom stereocenters. The Labute approximate surface area is 135 Å². The van der Waals surface area contributed by atoms with Crippen LogP contribution in [0.3, 0.4) is 0 Å². The molecule has 0 fully saturated rings. The van der Waals surface area contributed by atoms with Crippen molar-refractivity contribution >= 4 is 11.7 Å². The summed E-state index contributed by atoms with van der Waals surface area (Å²) in [7, 11) is 0. The molecule has 1 aromatic rings. The summed E-state index contributed by atoms with van der Waals surface area (Å²) in [5.41, 5.74) is 2.10. The first-order valence-corrected chi connectivity index (χ1v) is 8.51. The van der Waals surface area contributed by atoms with Gasteiger partial charge in [-0.2, -0.15) is 0 Å². The Morgan fingerprint density at radius 2 is 1.82 bits per heavy atom. The van der Waals surface area contributed by atoms with Crippen molar-refractivity contribution in [2.75, 3.05) is 25.0 Å². The van der Waals surface area contributed by atoms with Crippen LogP contribution in [0.5, 0.6) is 0 Å². The fourth-order valence-corrected chi connectivity index (χ4v) is 2.57. The molecule has 0 spiro atoms. The molecule has 1 rings (SSSR count). The summed E-state index contributed by atoms with van der Waals surface area (Å²) < 4.78 is 0. The van der Waals surface area contributed by atoms with Crippen molar-refractivity contribution in [3.8, 4) is 0 Å². The Morgan fingerprint density at radius 1 is 1.14 bits per heavy atom. The van der Waals surface area contributed by atoms with Gasteiger partial charge in [-0.05, 0) is 57.0 Å². The molecule has 0 saturated carbocycles. The molecule has 4 heteroatoms. The van der Waals surface area contributed by atoms with Gasteiger partial charge in [0.05, 0.1) is 0 Å². The molecule has 2 N–H and O–H groups in total. The Kier molecular flexibility index (Phi) is 8.60. The summed E-state index contributed by atoms with van der Waals surface area (Å²) in [6.45, 7) is 11.6. The zero-order chi connectivity index (χ0) is 16.4. The second-order valence-corrected chi connectivity index (χ2v) is 5.72. The van der Waals surface area contributed by atoms with Crippen LogP contribution in [0.4, 0.5) is 10.5 Å². The van der Waals surface area contributed by atoms with E-state index in [1.807, 2.05) is 19.1 Å². The fraction of sp³-hybridized carbons (Fsp3) is 0.611. The number of hydrogen-bond acceptors (Lipinski definition) is 2. The number of benzene rings is 1. The number of nitrogens with zero attached hydrogens (tertiary/aromatic N) is 1. The van der Waals surface area contributed by atoms with Gasteiger partial charge < -0.3 is 10.6 Å². The quantitative estimate of drug-likeness (QED) is 0.710. The Bertz CT molecular complexity index is 442. The second-order valence-electron chi connectivity index (χ2n) is 5.72. The van der Waals surface area contributed by atoms with Gasteiger partial charge in [-0.15, -0.1) is 0 Å². The number of amides is 2. The molecular formula is C18H31N3O. The first-order chi connectivity index (χ1) is 10.6. The van der Waals surface area contributed by atoms with E-state index < -0.39 is 0 Å². The number of nitrogens with one attached hydrogen (secondary N) is 2. The van der Waals surface area contributed by atoms with Crippen LogP contribution in [0.2, 0.25) is 0 Å². The SMILES string of the molecule is CCCNC(=O)Nc1cccc(C(C)N(CCC)CCC)c1. The molecule has 0 heterocycles. The summed E-state index contributed by atoms with van der Waals surface area (Å²) in [5, 5.41) is 5.74. The van der Waals surface area contributed by atoms with Crippen LogP contribution in [0, 0.1) is 0 Å². The van der Waals surface area contributed by atoms with Crippen LogP contribution in [0.1, 0.15) is 58.6 Å². The summed E-state index contributed by atoms with van der Waals surface area (Å²) in [5.74, 6) is 0. The van der Waals surface area contributed by atoms with Gasteiger partial charge >= 0.3 is 6.03 Å². The van der Waals surface area contributed by atoms with E-state index in [0.29, 0.717) is 12.6 Å². The van der Waals surface area contributed by atoms with Crippen molar-refractivity contribution < 1.29 is 4.79 Å². The number of carbonyl (C=O) groups is 1. The first-order valence-electron chi connectivity index (χ1n) is 8.51. The summed E-state index contributed by atoms with van der Waals surface area (Å²) in [6.07, 6.45) is 3.25. The van der Waals surface area contributed by atoms with Crippen molar-refractivity contribution in [3.05, 3.63) is 29.8 Å². The van der Waals surface area contributed by atoms with Gasteiger partial charge in [0.1, 0.15) is 0 Å². The Morgan fingerprint density at radius 3 is 2.41 bits per heavy atom. The molecule has 0 aliphatic carbocycles. The van der Waals surface area contributed by atoms with E-state index in [-0.39, 0.29) is 6.03 Å². The molecular weight excluding hydrogens is 274 g/mol. The minimum atomic E-state index is -0.134. The lowest BCUT2D eigenvalue weighted by Gasteiger charge is -2.29. The van der Waals surface area contributed by atoms with E-state index in [4.69, 9.17) is 0 Å². The number of urea groups is 1. The highest BCUT2D eigenvalue weighted by Gasteiger charge is 2.14. The third-order valence-electron chi connectivity index (χ3n) is 3.73. The van der Waals surface area contributed by atoms with Crippen molar-refractivity contribution in [2.24, 2.45) is 0 Å². The van der Waals surface area contributed by atoms with Gasteiger partial charge in [0.15, 0.2) is 0 Å². The van der Waals surface area contributed by atoms with E-state index >= 15 is 0 Å². The molecule has 0 bridgehead atoms. The molecule has 22 heavy (non-hydrogen) atoms. The summed E-state index contributed by atoms with van der Waals surface area (Å²) >= 11 is 0. The van der Waals surface area contributed by atoms with Crippen LogP contribution in [-0.2, 0) is 0 Å². The van der Waals surface area contributed by atoms with E-state index in [9.17, 15) is 4.79 Å². The molecule has 0 aliphatic rings. The number of anilines is 1. The molecule has 0 aliphatic heterocycles. The van der Waals surface area contributed by atoms with Crippen LogP contribution in [0.15, 0.2) is 24.3 Å². The maximum Gasteiger partial charge on any atom is 0.319 e. The highest BCUT2D eigenvalue weighted by atomic mass is 16.2. The van der Waals surface area contributed by atoms with Gasteiger partial charge in [-0.3, -0.25) is 4.90 Å². The van der Waals surface area contributed by atoms with Crippen LogP contribution >= 0.6 is 0 Å². The molecule has 0 aromatic heterocycles. The van der Waals surface area contributed by atoms with Crippen LogP contribution in [0.25, 0.3) is 0 Å². The van der Waals surface area contributed by atoms with Crippen molar-refractivity contribution in [1.29, 1.82) is 0 Å². The summed E-state index contributed by atoms with van der Waals surface area (Å²) in [4.78, 5) is 14.3. The summed E-state index contributed by atoms with van der Waals surface area (Å²) in [6, 6.07) is 8.39. The molecule has 1 aromatic carbocycles. The topological polar surface area (TPSA) is 44.4 Å². The predicted molar refractivity (Wildman–Crippen MR) is 94.3 cm³/mol. The smallest absolute Gasteiger partial charge is 0.319 e. The number of rotatable bonds is 9. The largest absolute Gasteiger partial charge is 0.338 e. The molecule has 2 amide bonds. The molecule has 1 atom stereocenters. The lowest BCUT2D eigenvalue weighted by Crippen LogP contribution is -2.30. The Hall–Kier alpha value is -1.55.